The first kappa shape index (κ1) is 15.6. The second-order valence-electron chi connectivity index (χ2n) is 4.27. The molecule has 1 rings (SSSR count). The van der Waals surface area contributed by atoms with Crippen LogP contribution in [-0.4, -0.2) is 24.1 Å². The Morgan fingerprint density at radius 2 is 2.16 bits per heavy atom. The van der Waals surface area contributed by atoms with Crippen LogP contribution in [0.3, 0.4) is 0 Å². The van der Waals surface area contributed by atoms with Crippen molar-refractivity contribution < 1.29 is 9.53 Å². The molecule has 0 aliphatic rings. The molecule has 0 radical (unpaired) electrons. The van der Waals surface area contributed by atoms with E-state index in [1.807, 2.05) is 26.0 Å². The van der Waals surface area contributed by atoms with Gasteiger partial charge in [0.1, 0.15) is 4.99 Å². The normalized spacial score (nSPS) is 10.2. The number of anilines is 1. The van der Waals surface area contributed by atoms with Crippen molar-refractivity contribution >= 4 is 28.8 Å². The van der Waals surface area contributed by atoms with E-state index in [0.717, 1.165) is 17.5 Å². The number of hydrogen-bond donors (Lipinski definition) is 2. The van der Waals surface area contributed by atoms with Gasteiger partial charge in [0.05, 0.1) is 18.7 Å². The summed E-state index contributed by atoms with van der Waals surface area (Å²) in [5, 5.41) is 2.82. The SMILES string of the molecule is CCCOCCC(=O)Nc1cccc(C)c1C(N)=S. The number of nitrogens with one attached hydrogen (secondary N) is 1. The van der Waals surface area contributed by atoms with Crippen LogP contribution < -0.4 is 11.1 Å². The van der Waals surface area contributed by atoms with Gasteiger partial charge in [0.25, 0.3) is 0 Å². The number of aryl methyl sites for hydroxylation is 1. The predicted molar refractivity (Wildman–Crippen MR) is 81.4 cm³/mol. The largest absolute Gasteiger partial charge is 0.389 e. The van der Waals surface area contributed by atoms with Gasteiger partial charge in [-0.1, -0.05) is 31.3 Å². The zero-order valence-electron chi connectivity index (χ0n) is 11.4. The highest BCUT2D eigenvalue weighted by Crippen LogP contribution is 2.19. The molecule has 0 spiro atoms. The average molecular weight is 280 g/mol. The predicted octanol–water partition coefficient (Wildman–Crippen LogP) is 2.38. The molecule has 0 fully saturated rings. The number of hydrogen-bond acceptors (Lipinski definition) is 3. The Morgan fingerprint density at radius 3 is 2.79 bits per heavy atom. The minimum atomic E-state index is -0.0980. The van der Waals surface area contributed by atoms with Crippen LogP contribution >= 0.6 is 12.2 Å². The molecular weight excluding hydrogens is 260 g/mol. The first-order valence-corrected chi connectivity index (χ1v) is 6.74. The summed E-state index contributed by atoms with van der Waals surface area (Å²) in [6, 6.07) is 5.57. The number of carbonyl (C=O) groups is 1. The molecule has 1 amide bonds. The molecule has 0 aromatic heterocycles. The fourth-order valence-electron chi connectivity index (χ4n) is 1.72. The van der Waals surface area contributed by atoms with Crippen molar-refractivity contribution in [3.8, 4) is 0 Å². The van der Waals surface area contributed by atoms with Crippen LogP contribution in [0.2, 0.25) is 0 Å². The molecule has 1 aromatic rings. The van der Waals surface area contributed by atoms with E-state index in [9.17, 15) is 4.79 Å². The van der Waals surface area contributed by atoms with Gasteiger partial charge in [-0.2, -0.15) is 0 Å². The van der Waals surface area contributed by atoms with Gasteiger partial charge < -0.3 is 15.8 Å². The zero-order chi connectivity index (χ0) is 14.3. The van der Waals surface area contributed by atoms with Gasteiger partial charge in [0, 0.05) is 12.2 Å². The molecule has 4 nitrogen and oxygen atoms in total. The van der Waals surface area contributed by atoms with E-state index in [-0.39, 0.29) is 10.9 Å². The fraction of sp³-hybridized carbons (Fsp3) is 0.429. The maximum atomic E-state index is 11.8. The third-order valence-corrected chi connectivity index (χ3v) is 2.82. The van der Waals surface area contributed by atoms with Gasteiger partial charge in [-0.25, -0.2) is 0 Å². The summed E-state index contributed by atoms with van der Waals surface area (Å²) in [6.45, 7) is 5.04. The first-order chi connectivity index (χ1) is 9.06. The lowest BCUT2D eigenvalue weighted by atomic mass is 10.1. The fourth-order valence-corrected chi connectivity index (χ4v) is 1.99. The van der Waals surface area contributed by atoms with Gasteiger partial charge in [-0.15, -0.1) is 0 Å². The number of amides is 1. The van der Waals surface area contributed by atoms with E-state index in [0.29, 0.717) is 25.3 Å². The average Bonchev–Trinajstić information content (AvgIpc) is 2.34. The van der Waals surface area contributed by atoms with Crippen molar-refractivity contribution in [2.75, 3.05) is 18.5 Å². The third-order valence-electron chi connectivity index (χ3n) is 2.62. The molecule has 3 N–H and O–H groups in total. The molecule has 0 atom stereocenters. The van der Waals surface area contributed by atoms with Gasteiger partial charge in [0.15, 0.2) is 0 Å². The summed E-state index contributed by atoms with van der Waals surface area (Å²) in [4.78, 5) is 12.1. The standard InChI is InChI=1S/C14H20N2O2S/c1-3-8-18-9-7-12(17)16-11-6-4-5-10(2)13(11)14(15)19/h4-6H,3,7-9H2,1-2H3,(H2,15,19)(H,16,17). The highest BCUT2D eigenvalue weighted by Gasteiger charge is 2.10. The van der Waals surface area contributed by atoms with Crippen LogP contribution in [0.4, 0.5) is 5.69 Å². The Hall–Kier alpha value is -1.46. The summed E-state index contributed by atoms with van der Waals surface area (Å²) in [7, 11) is 0. The molecule has 104 valence electrons. The maximum absolute atomic E-state index is 11.8. The zero-order valence-corrected chi connectivity index (χ0v) is 12.2. The highest BCUT2D eigenvalue weighted by atomic mass is 32.1. The summed E-state index contributed by atoms with van der Waals surface area (Å²) >= 11 is 5.01. The van der Waals surface area contributed by atoms with Crippen LogP contribution in [0.15, 0.2) is 18.2 Å². The monoisotopic (exact) mass is 280 g/mol. The Morgan fingerprint density at radius 1 is 1.42 bits per heavy atom. The minimum Gasteiger partial charge on any atom is -0.389 e. The van der Waals surface area contributed by atoms with Crippen molar-refractivity contribution in [2.24, 2.45) is 5.73 Å². The van der Waals surface area contributed by atoms with Gasteiger partial charge in [-0.05, 0) is 25.0 Å². The van der Waals surface area contributed by atoms with Gasteiger partial charge in [0.2, 0.25) is 5.91 Å². The summed E-state index contributed by atoms with van der Waals surface area (Å²) in [6.07, 6.45) is 1.27. The van der Waals surface area contributed by atoms with E-state index in [4.69, 9.17) is 22.7 Å². The van der Waals surface area contributed by atoms with E-state index in [1.165, 1.54) is 0 Å². The third kappa shape index (κ3) is 4.96. The molecule has 0 bridgehead atoms. The van der Waals surface area contributed by atoms with E-state index < -0.39 is 0 Å². The lowest BCUT2D eigenvalue weighted by Crippen LogP contribution is -2.19. The summed E-state index contributed by atoms with van der Waals surface area (Å²) < 4.78 is 5.28. The molecule has 0 saturated carbocycles. The van der Waals surface area contributed by atoms with Crippen molar-refractivity contribution in [1.82, 2.24) is 0 Å². The Bertz CT molecular complexity index is 461. The number of rotatable bonds is 7. The van der Waals surface area contributed by atoms with Crippen LogP contribution in [0.1, 0.15) is 30.9 Å². The second-order valence-corrected chi connectivity index (χ2v) is 4.71. The van der Waals surface area contributed by atoms with Crippen molar-refractivity contribution in [3.63, 3.8) is 0 Å². The molecule has 0 heterocycles. The van der Waals surface area contributed by atoms with Crippen LogP contribution in [0.25, 0.3) is 0 Å². The molecule has 0 saturated heterocycles. The molecule has 0 aliphatic carbocycles. The first-order valence-electron chi connectivity index (χ1n) is 6.33. The van der Waals surface area contributed by atoms with Gasteiger partial charge in [-0.3, -0.25) is 4.79 Å². The molecule has 5 heteroatoms. The van der Waals surface area contributed by atoms with E-state index in [2.05, 4.69) is 5.32 Å². The Balaban J connectivity index is 2.64. The number of benzene rings is 1. The summed E-state index contributed by atoms with van der Waals surface area (Å²) in [5.74, 6) is -0.0980. The van der Waals surface area contributed by atoms with Crippen LogP contribution in [-0.2, 0) is 9.53 Å². The van der Waals surface area contributed by atoms with Crippen LogP contribution in [0.5, 0.6) is 0 Å². The molecule has 0 unspecified atom stereocenters. The molecule has 0 aliphatic heterocycles. The van der Waals surface area contributed by atoms with E-state index in [1.54, 1.807) is 6.07 Å². The molecular formula is C14H20N2O2S. The number of nitrogens with two attached hydrogens (primary N) is 1. The van der Waals surface area contributed by atoms with E-state index >= 15 is 0 Å². The Kier molecular flexibility index (Phi) is 6.45. The quantitative estimate of drug-likeness (QED) is 0.594. The second kappa shape index (κ2) is 7.86. The number of ether oxygens (including phenoxy) is 1. The molecule has 19 heavy (non-hydrogen) atoms. The highest BCUT2D eigenvalue weighted by molar-refractivity contribution is 7.80. The van der Waals surface area contributed by atoms with Crippen molar-refractivity contribution in [3.05, 3.63) is 29.3 Å². The van der Waals surface area contributed by atoms with Crippen LogP contribution in [0, 0.1) is 6.92 Å². The number of carbonyl (C=O) groups excluding carboxylic acids is 1. The maximum Gasteiger partial charge on any atom is 0.226 e. The summed E-state index contributed by atoms with van der Waals surface area (Å²) in [5.41, 5.74) is 8.02. The smallest absolute Gasteiger partial charge is 0.226 e. The minimum absolute atomic E-state index is 0.0980. The Labute approximate surface area is 119 Å². The lowest BCUT2D eigenvalue weighted by Gasteiger charge is -2.12. The topological polar surface area (TPSA) is 64.3 Å². The number of thiocarbonyl (C=S) groups is 1. The molecule has 1 aromatic carbocycles. The van der Waals surface area contributed by atoms with Gasteiger partial charge >= 0.3 is 0 Å². The lowest BCUT2D eigenvalue weighted by molar-refractivity contribution is -0.117. The van der Waals surface area contributed by atoms with Crippen molar-refractivity contribution in [2.45, 2.75) is 26.7 Å². The van der Waals surface area contributed by atoms with Crippen molar-refractivity contribution in [1.29, 1.82) is 0 Å².